The molecule has 33 heavy (non-hydrogen) atoms. The van der Waals surface area contributed by atoms with E-state index in [1.54, 1.807) is 11.3 Å². The lowest BCUT2D eigenvalue weighted by molar-refractivity contribution is -0.0221. The molecule has 2 unspecified atom stereocenters. The maximum absolute atomic E-state index is 13.6. The third kappa shape index (κ3) is 4.56. The summed E-state index contributed by atoms with van der Waals surface area (Å²) in [5.41, 5.74) is 0. The monoisotopic (exact) mass is 477 g/mol. The third-order valence-corrected chi connectivity index (χ3v) is 9.10. The SMILES string of the molecule is FC1(F)CCN(c2nnc(NC3CC4CN(CC5CCOCC5)C[C@H]4C3)c3ccsc23)CC1. The van der Waals surface area contributed by atoms with E-state index in [2.05, 4.69) is 31.9 Å². The lowest BCUT2D eigenvalue weighted by Gasteiger charge is -2.32. The highest BCUT2D eigenvalue weighted by Gasteiger charge is 2.41. The molecule has 0 amide bonds. The Kier molecular flexibility index (Phi) is 5.91. The van der Waals surface area contributed by atoms with E-state index in [-0.39, 0.29) is 12.8 Å². The summed E-state index contributed by atoms with van der Waals surface area (Å²) < 4.78 is 33.8. The van der Waals surface area contributed by atoms with Crippen molar-refractivity contribution in [3.05, 3.63) is 11.4 Å². The van der Waals surface area contributed by atoms with Gasteiger partial charge in [-0.25, -0.2) is 8.78 Å². The minimum atomic E-state index is -2.55. The molecule has 3 saturated heterocycles. The molecular weight excluding hydrogens is 444 g/mol. The molecular formula is C24H33F2N5OS. The molecule has 0 aromatic carbocycles. The molecule has 1 saturated carbocycles. The minimum absolute atomic E-state index is 0.113. The Labute approximate surface area is 197 Å². The lowest BCUT2D eigenvalue weighted by atomic mass is 10.00. The number of nitrogens with one attached hydrogen (secondary N) is 1. The van der Waals surface area contributed by atoms with Gasteiger partial charge in [-0.15, -0.1) is 21.5 Å². The van der Waals surface area contributed by atoms with Crippen LogP contribution in [-0.4, -0.2) is 73.0 Å². The van der Waals surface area contributed by atoms with Gasteiger partial charge in [0, 0.05) is 70.2 Å². The average Bonchev–Trinajstić information content (AvgIpc) is 3.50. The van der Waals surface area contributed by atoms with Gasteiger partial charge in [-0.3, -0.25) is 0 Å². The van der Waals surface area contributed by atoms with Crippen LogP contribution in [-0.2, 0) is 4.74 Å². The molecule has 0 bridgehead atoms. The molecule has 6 nitrogen and oxygen atoms in total. The Morgan fingerprint density at radius 1 is 1.09 bits per heavy atom. The highest BCUT2D eigenvalue weighted by atomic mass is 32.1. The second-order valence-corrected chi connectivity index (χ2v) is 11.4. The number of halogens is 2. The van der Waals surface area contributed by atoms with E-state index in [4.69, 9.17) is 4.74 Å². The largest absolute Gasteiger partial charge is 0.381 e. The number of piperidine rings is 1. The Morgan fingerprint density at radius 3 is 2.55 bits per heavy atom. The number of fused-ring (bicyclic) bond motifs is 2. The Balaban J connectivity index is 1.08. The predicted molar refractivity (Wildman–Crippen MR) is 127 cm³/mol. The van der Waals surface area contributed by atoms with Crippen molar-refractivity contribution in [2.45, 2.75) is 50.5 Å². The summed E-state index contributed by atoms with van der Waals surface area (Å²) in [6.07, 6.45) is 4.56. The van der Waals surface area contributed by atoms with E-state index in [1.165, 1.54) is 45.3 Å². The van der Waals surface area contributed by atoms with Crippen LogP contribution in [0.1, 0.15) is 38.5 Å². The predicted octanol–water partition coefficient (Wildman–Crippen LogP) is 4.48. The zero-order valence-corrected chi connectivity index (χ0v) is 19.8. The Hall–Kier alpha value is -1.58. The van der Waals surface area contributed by atoms with Gasteiger partial charge in [-0.2, -0.15) is 0 Å². The number of rotatable bonds is 5. The number of anilines is 2. The molecule has 6 rings (SSSR count). The van der Waals surface area contributed by atoms with Crippen molar-refractivity contribution in [1.82, 2.24) is 15.1 Å². The van der Waals surface area contributed by atoms with Crippen LogP contribution < -0.4 is 10.2 Å². The van der Waals surface area contributed by atoms with Gasteiger partial charge in [0.25, 0.3) is 5.92 Å². The number of aromatic nitrogens is 2. The van der Waals surface area contributed by atoms with E-state index >= 15 is 0 Å². The molecule has 9 heteroatoms. The van der Waals surface area contributed by atoms with Gasteiger partial charge in [0.05, 0.1) is 4.70 Å². The number of hydrogen-bond acceptors (Lipinski definition) is 7. The third-order valence-electron chi connectivity index (χ3n) is 8.19. The first-order valence-corrected chi connectivity index (χ1v) is 13.4. The maximum Gasteiger partial charge on any atom is 0.251 e. The van der Waals surface area contributed by atoms with Gasteiger partial charge < -0.3 is 19.9 Å². The van der Waals surface area contributed by atoms with E-state index < -0.39 is 5.92 Å². The van der Waals surface area contributed by atoms with Crippen molar-refractivity contribution >= 4 is 33.1 Å². The van der Waals surface area contributed by atoms with Gasteiger partial charge in [-0.05, 0) is 54.9 Å². The second-order valence-electron chi connectivity index (χ2n) is 10.5. The van der Waals surface area contributed by atoms with Crippen molar-refractivity contribution in [2.24, 2.45) is 17.8 Å². The summed E-state index contributed by atoms with van der Waals surface area (Å²) in [5.74, 6) is 1.39. The van der Waals surface area contributed by atoms with Gasteiger partial charge in [0.15, 0.2) is 11.6 Å². The van der Waals surface area contributed by atoms with Crippen molar-refractivity contribution in [3.8, 4) is 0 Å². The molecule has 0 radical (unpaired) electrons. The van der Waals surface area contributed by atoms with Crippen LogP contribution in [0.25, 0.3) is 10.1 Å². The molecule has 1 aliphatic carbocycles. The molecule has 5 heterocycles. The quantitative estimate of drug-likeness (QED) is 0.686. The Morgan fingerprint density at radius 2 is 1.82 bits per heavy atom. The van der Waals surface area contributed by atoms with Crippen LogP contribution in [0.5, 0.6) is 0 Å². The van der Waals surface area contributed by atoms with Crippen LogP contribution >= 0.6 is 11.3 Å². The fourth-order valence-corrected chi connectivity index (χ4v) is 7.28. The van der Waals surface area contributed by atoms with E-state index in [1.807, 2.05) is 4.90 Å². The van der Waals surface area contributed by atoms with Crippen molar-refractivity contribution < 1.29 is 13.5 Å². The fourth-order valence-electron chi connectivity index (χ4n) is 6.38. The second kappa shape index (κ2) is 8.89. The highest BCUT2D eigenvalue weighted by molar-refractivity contribution is 7.17. The molecule has 180 valence electrons. The molecule has 4 fully saturated rings. The lowest BCUT2D eigenvalue weighted by Crippen LogP contribution is -2.39. The normalized spacial score (nSPS) is 30.7. The van der Waals surface area contributed by atoms with Crippen molar-refractivity contribution in [3.63, 3.8) is 0 Å². The summed E-state index contributed by atoms with van der Waals surface area (Å²) in [7, 11) is 0. The van der Waals surface area contributed by atoms with Crippen LogP contribution in [0.2, 0.25) is 0 Å². The average molecular weight is 478 g/mol. The first-order valence-electron chi connectivity index (χ1n) is 12.5. The zero-order valence-electron chi connectivity index (χ0n) is 19.0. The number of nitrogens with zero attached hydrogens (tertiary/aromatic N) is 4. The first-order chi connectivity index (χ1) is 16.0. The maximum atomic E-state index is 13.6. The molecule has 3 aliphatic heterocycles. The minimum Gasteiger partial charge on any atom is -0.381 e. The van der Waals surface area contributed by atoms with Gasteiger partial charge in [0.1, 0.15) is 0 Å². The summed E-state index contributed by atoms with van der Waals surface area (Å²) in [5, 5.41) is 15.9. The smallest absolute Gasteiger partial charge is 0.251 e. The van der Waals surface area contributed by atoms with Crippen LogP contribution in [0.3, 0.4) is 0 Å². The Bertz CT molecular complexity index is 957. The van der Waals surface area contributed by atoms with Gasteiger partial charge in [0.2, 0.25) is 0 Å². The molecule has 2 aromatic rings. The number of likely N-dealkylation sites (tertiary alicyclic amines) is 1. The number of thiophene rings is 1. The molecule has 2 aromatic heterocycles. The van der Waals surface area contributed by atoms with Crippen LogP contribution in [0, 0.1) is 17.8 Å². The van der Waals surface area contributed by atoms with E-state index in [0.29, 0.717) is 19.1 Å². The summed E-state index contributed by atoms with van der Waals surface area (Å²) in [6, 6.07) is 2.52. The molecule has 3 atom stereocenters. The van der Waals surface area contributed by atoms with Crippen molar-refractivity contribution in [1.29, 1.82) is 0 Å². The van der Waals surface area contributed by atoms with Crippen LogP contribution in [0.15, 0.2) is 11.4 Å². The zero-order chi connectivity index (χ0) is 22.4. The molecule has 1 N–H and O–H groups in total. The van der Waals surface area contributed by atoms with E-state index in [0.717, 1.165) is 52.7 Å². The highest BCUT2D eigenvalue weighted by Crippen LogP contribution is 2.41. The number of alkyl halides is 2. The number of hydrogen-bond donors (Lipinski definition) is 1. The van der Waals surface area contributed by atoms with Gasteiger partial charge >= 0.3 is 0 Å². The summed E-state index contributed by atoms with van der Waals surface area (Å²) >= 11 is 1.63. The first kappa shape index (κ1) is 21.9. The van der Waals surface area contributed by atoms with Crippen LogP contribution in [0.4, 0.5) is 20.4 Å². The van der Waals surface area contributed by atoms with Gasteiger partial charge in [-0.1, -0.05) is 0 Å². The fraction of sp³-hybridized carbons (Fsp3) is 0.750. The molecule has 4 aliphatic rings. The topological polar surface area (TPSA) is 53.5 Å². The summed E-state index contributed by atoms with van der Waals surface area (Å²) in [6.45, 7) is 6.20. The van der Waals surface area contributed by atoms with E-state index in [9.17, 15) is 8.78 Å². The number of ether oxygens (including phenoxy) is 1. The summed E-state index contributed by atoms with van der Waals surface area (Å²) in [4.78, 5) is 4.66. The molecule has 0 spiro atoms. The standard InChI is InChI=1S/C24H33F2N5OS/c25-24(26)4-6-31(7-5-24)23-21-20(3-10-33-21)22(28-29-23)27-19-11-17-14-30(15-18(17)12-19)13-16-1-8-32-9-2-16/h3,10,16-19H,1-2,4-9,11-15H2,(H,27,28)/t17-,18?,19?/m1/s1. The van der Waals surface area contributed by atoms with Crippen molar-refractivity contribution in [2.75, 3.05) is 56.2 Å².